The fourth-order valence-corrected chi connectivity index (χ4v) is 0.884. The summed E-state index contributed by atoms with van der Waals surface area (Å²) in [6.07, 6.45) is 7.50. The van der Waals surface area contributed by atoms with Crippen LogP contribution in [0, 0.1) is 0 Å². The van der Waals surface area contributed by atoms with Crippen LogP contribution in [0.1, 0.15) is 32.1 Å². The summed E-state index contributed by atoms with van der Waals surface area (Å²) in [5.74, 6) is 0. The second kappa shape index (κ2) is 3.68. The first-order valence-corrected chi connectivity index (χ1v) is 2.50. The van der Waals surface area contributed by atoms with E-state index in [4.69, 9.17) is 0 Å². The maximum atomic E-state index is 1.50. The zero-order chi connectivity index (χ0) is 3.54. The average Bonchev–Trinajstić information content (AvgIpc) is 1.76. The molecule has 0 aromatic rings. The molecule has 0 amide bonds. The maximum Gasteiger partial charge on any atom is 0 e. The molecular weight excluding hydrogens is 119 g/mol. The Bertz CT molecular complexity index is 15.5. The van der Waals surface area contributed by atoms with Crippen LogP contribution in [-0.2, 0) is 16.5 Å². The molecule has 0 aliphatic heterocycles. The van der Waals surface area contributed by atoms with E-state index in [0.717, 1.165) is 0 Å². The molecular formula is C5H10Ni. The topological polar surface area (TPSA) is 0 Å². The Morgan fingerprint density at radius 2 is 0.667 bits per heavy atom. The molecule has 0 aromatic carbocycles. The van der Waals surface area contributed by atoms with Gasteiger partial charge in [-0.3, -0.25) is 0 Å². The fraction of sp³-hybridized carbons (Fsp3) is 1.00. The minimum atomic E-state index is 0. The van der Waals surface area contributed by atoms with E-state index in [1.165, 1.54) is 32.1 Å². The summed E-state index contributed by atoms with van der Waals surface area (Å²) in [6.45, 7) is 0. The molecule has 1 fully saturated rings. The molecule has 0 nitrogen and oxygen atoms in total. The SMILES string of the molecule is C1CCCC1.[Ni]. The van der Waals surface area contributed by atoms with Crippen LogP contribution in [-0.4, -0.2) is 0 Å². The van der Waals surface area contributed by atoms with Gasteiger partial charge in [-0.25, -0.2) is 0 Å². The van der Waals surface area contributed by atoms with E-state index in [0.29, 0.717) is 0 Å². The predicted molar refractivity (Wildman–Crippen MR) is 23.1 cm³/mol. The minimum absolute atomic E-state index is 0. The first-order chi connectivity index (χ1) is 2.50. The van der Waals surface area contributed by atoms with Crippen molar-refractivity contribution in [2.24, 2.45) is 0 Å². The van der Waals surface area contributed by atoms with Gasteiger partial charge in [-0.2, -0.15) is 0 Å². The standard InChI is InChI=1S/C5H10.Ni/c1-2-4-5-3-1;/h1-5H2;. The molecule has 0 spiro atoms. The smallest absolute Gasteiger partial charge is 0 e. The van der Waals surface area contributed by atoms with Crippen molar-refractivity contribution in [2.75, 3.05) is 0 Å². The number of hydrogen-bond acceptors (Lipinski definition) is 0. The first kappa shape index (κ1) is 6.49. The van der Waals surface area contributed by atoms with E-state index in [9.17, 15) is 0 Å². The molecule has 0 saturated heterocycles. The van der Waals surface area contributed by atoms with Crippen LogP contribution < -0.4 is 0 Å². The molecule has 40 valence electrons. The van der Waals surface area contributed by atoms with Crippen LogP contribution in [0.25, 0.3) is 0 Å². The molecule has 0 aromatic heterocycles. The Hall–Kier alpha value is 0.494. The molecule has 6 heavy (non-hydrogen) atoms. The molecule has 1 saturated carbocycles. The third-order valence-electron chi connectivity index (χ3n) is 1.25. The Balaban J connectivity index is 0.000000250. The van der Waals surface area contributed by atoms with Crippen LogP contribution in [0.3, 0.4) is 0 Å². The minimum Gasteiger partial charge on any atom is -0.0533 e. The summed E-state index contributed by atoms with van der Waals surface area (Å²) >= 11 is 0. The number of hydrogen-bond donors (Lipinski definition) is 0. The molecule has 0 unspecified atom stereocenters. The van der Waals surface area contributed by atoms with Crippen LogP contribution in [0.4, 0.5) is 0 Å². The quantitative estimate of drug-likeness (QED) is 0.438. The predicted octanol–water partition coefficient (Wildman–Crippen LogP) is 1.95. The van der Waals surface area contributed by atoms with E-state index in [2.05, 4.69) is 0 Å². The summed E-state index contributed by atoms with van der Waals surface area (Å²) in [7, 11) is 0. The van der Waals surface area contributed by atoms with Crippen LogP contribution in [0.15, 0.2) is 0 Å². The molecule has 0 N–H and O–H groups in total. The molecule has 1 aliphatic rings. The van der Waals surface area contributed by atoms with Crippen molar-refractivity contribution in [1.29, 1.82) is 0 Å². The van der Waals surface area contributed by atoms with Gasteiger partial charge in [-0.1, -0.05) is 32.1 Å². The van der Waals surface area contributed by atoms with E-state index in [-0.39, 0.29) is 16.5 Å². The summed E-state index contributed by atoms with van der Waals surface area (Å²) in [4.78, 5) is 0. The van der Waals surface area contributed by atoms with Gasteiger partial charge in [-0.05, 0) is 0 Å². The van der Waals surface area contributed by atoms with E-state index >= 15 is 0 Å². The van der Waals surface area contributed by atoms with Crippen LogP contribution >= 0.6 is 0 Å². The zero-order valence-corrected chi connectivity index (χ0v) is 4.84. The monoisotopic (exact) mass is 128 g/mol. The maximum absolute atomic E-state index is 1.50. The molecule has 0 heterocycles. The largest absolute Gasteiger partial charge is 0.0533 e. The Morgan fingerprint density at radius 3 is 0.833 bits per heavy atom. The molecule has 1 aliphatic carbocycles. The summed E-state index contributed by atoms with van der Waals surface area (Å²) in [5.41, 5.74) is 0. The third kappa shape index (κ3) is 1.82. The van der Waals surface area contributed by atoms with Crippen molar-refractivity contribution in [3.05, 3.63) is 0 Å². The normalized spacial score (nSPS) is 20.0. The van der Waals surface area contributed by atoms with E-state index in [1.807, 2.05) is 0 Å². The van der Waals surface area contributed by atoms with Crippen molar-refractivity contribution in [1.82, 2.24) is 0 Å². The molecule has 1 rings (SSSR count). The molecule has 0 bridgehead atoms. The van der Waals surface area contributed by atoms with Gasteiger partial charge < -0.3 is 0 Å². The molecule has 0 radical (unpaired) electrons. The Kier molecular flexibility index (Phi) is 3.98. The van der Waals surface area contributed by atoms with Gasteiger partial charge in [0.05, 0.1) is 0 Å². The van der Waals surface area contributed by atoms with Gasteiger partial charge in [0.1, 0.15) is 0 Å². The van der Waals surface area contributed by atoms with E-state index < -0.39 is 0 Å². The second-order valence-corrected chi connectivity index (χ2v) is 1.77. The van der Waals surface area contributed by atoms with Gasteiger partial charge in [0.25, 0.3) is 0 Å². The van der Waals surface area contributed by atoms with Crippen LogP contribution in [0.2, 0.25) is 0 Å². The van der Waals surface area contributed by atoms with Crippen molar-refractivity contribution in [3.8, 4) is 0 Å². The van der Waals surface area contributed by atoms with E-state index in [1.54, 1.807) is 0 Å². The molecule has 0 atom stereocenters. The van der Waals surface area contributed by atoms with Gasteiger partial charge in [0.2, 0.25) is 0 Å². The van der Waals surface area contributed by atoms with Gasteiger partial charge in [0.15, 0.2) is 0 Å². The van der Waals surface area contributed by atoms with Crippen LogP contribution in [0.5, 0.6) is 0 Å². The van der Waals surface area contributed by atoms with Crippen molar-refractivity contribution in [3.63, 3.8) is 0 Å². The first-order valence-electron chi connectivity index (χ1n) is 2.50. The summed E-state index contributed by atoms with van der Waals surface area (Å²) in [6, 6.07) is 0. The molecule has 1 heteroatoms. The van der Waals surface area contributed by atoms with Gasteiger partial charge in [-0.15, -0.1) is 0 Å². The van der Waals surface area contributed by atoms with Crippen molar-refractivity contribution < 1.29 is 16.5 Å². The van der Waals surface area contributed by atoms with Crippen molar-refractivity contribution in [2.45, 2.75) is 32.1 Å². The second-order valence-electron chi connectivity index (χ2n) is 1.77. The average molecular weight is 129 g/mol. The van der Waals surface area contributed by atoms with Crippen molar-refractivity contribution >= 4 is 0 Å². The number of rotatable bonds is 0. The third-order valence-corrected chi connectivity index (χ3v) is 1.25. The summed E-state index contributed by atoms with van der Waals surface area (Å²) < 4.78 is 0. The fourth-order valence-electron chi connectivity index (χ4n) is 0.884. The van der Waals surface area contributed by atoms with Gasteiger partial charge in [0, 0.05) is 16.5 Å². The Morgan fingerprint density at radius 1 is 0.500 bits per heavy atom. The van der Waals surface area contributed by atoms with Gasteiger partial charge >= 0.3 is 0 Å². The summed E-state index contributed by atoms with van der Waals surface area (Å²) in [5, 5.41) is 0. The zero-order valence-electron chi connectivity index (χ0n) is 3.85. The Labute approximate surface area is 49.2 Å².